The van der Waals surface area contributed by atoms with Crippen molar-refractivity contribution in [2.24, 2.45) is 5.92 Å². The second-order valence-electron chi connectivity index (χ2n) is 2.95. The maximum absolute atomic E-state index is 5.80. The zero-order chi connectivity index (χ0) is 8.81. The lowest BCUT2D eigenvalue weighted by Gasteiger charge is -2.08. The van der Waals surface area contributed by atoms with Crippen LogP contribution in [0.1, 0.15) is 24.6 Å². The van der Waals surface area contributed by atoms with Gasteiger partial charge in [0, 0.05) is 17.0 Å². The Morgan fingerprint density at radius 1 is 1.67 bits per heavy atom. The molecule has 1 aromatic rings. The van der Waals surface area contributed by atoms with E-state index in [4.69, 9.17) is 11.6 Å². The average Bonchev–Trinajstić information content (AvgIpc) is 2.59. The highest BCUT2D eigenvalue weighted by Crippen LogP contribution is 2.16. The van der Waals surface area contributed by atoms with Crippen LogP contribution in [0.5, 0.6) is 0 Å². The Morgan fingerprint density at radius 3 is 3.00 bits per heavy atom. The lowest BCUT2D eigenvalue weighted by molar-refractivity contribution is 0.524. The SMILES string of the molecule is CCC(CCl)CCc1ccns1. The topological polar surface area (TPSA) is 12.9 Å². The van der Waals surface area contributed by atoms with E-state index in [1.807, 2.05) is 6.20 Å². The predicted molar refractivity (Wildman–Crippen MR) is 54.9 cm³/mol. The van der Waals surface area contributed by atoms with Crippen LogP contribution in [0.4, 0.5) is 0 Å². The van der Waals surface area contributed by atoms with Crippen LogP contribution in [0.15, 0.2) is 12.3 Å². The van der Waals surface area contributed by atoms with Crippen LogP contribution in [0.3, 0.4) is 0 Å². The van der Waals surface area contributed by atoms with Crippen molar-refractivity contribution in [1.82, 2.24) is 4.37 Å². The van der Waals surface area contributed by atoms with E-state index in [2.05, 4.69) is 17.4 Å². The molecule has 0 amide bonds. The lowest BCUT2D eigenvalue weighted by Crippen LogP contribution is -2.01. The molecule has 0 radical (unpaired) electrons. The fraction of sp³-hybridized carbons (Fsp3) is 0.667. The number of nitrogens with zero attached hydrogens (tertiary/aromatic N) is 1. The molecular weight excluding hydrogens is 190 g/mol. The van der Waals surface area contributed by atoms with E-state index in [1.54, 1.807) is 11.5 Å². The van der Waals surface area contributed by atoms with Gasteiger partial charge in [0.1, 0.15) is 0 Å². The largest absolute Gasteiger partial charge is 0.201 e. The monoisotopic (exact) mass is 203 g/mol. The van der Waals surface area contributed by atoms with Gasteiger partial charge in [-0.2, -0.15) is 0 Å². The highest BCUT2D eigenvalue weighted by atomic mass is 35.5. The summed E-state index contributed by atoms with van der Waals surface area (Å²) in [7, 11) is 0. The van der Waals surface area contributed by atoms with Crippen LogP contribution in [0.2, 0.25) is 0 Å². The van der Waals surface area contributed by atoms with Crippen LogP contribution in [-0.2, 0) is 6.42 Å². The first-order chi connectivity index (χ1) is 5.86. The van der Waals surface area contributed by atoms with Crippen LogP contribution < -0.4 is 0 Å². The van der Waals surface area contributed by atoms with Gasteiger partial charge in [0.2, 0.25) is 0 Å². The summed E-state index contributed by atoms with van der Waals surface area (Å²) in [5.41, 5.74) is 0. The minimum Gasteiger partial charge on any atom is -0.201 e. The van der Waals surface area contributed by atoms with Gasteiger partial charge in [0.15, 0.2) is 0 Å². The standard InChI is InChI=1S/C9H14ClNS/c1-2-8(7-10)3-4-9-5-6-11-12-9/h5-6,8H,2-4,7H2,1H3. The van der Waals surface area contributed by atoms with Crippen molar-refractivity contribution in [1.29, 1.82) is 0 Å². The van der Waals surface area contributed by atoms with Crippen molar-refractivity contribution >= 4 is 23.1 Å². The average molecular weight is 204 g/mol. The Morgan fingerprint density at radius 2 is 2.50 bits per heavy atom. The molecule has 3 heteroatoms. The molecule has 0 aliphatic rings. The van der Waals surface area contributed by atoms with E-state index < -0.39 is 0 Å². The first kappa shape index (κ1) is 10.0. The maximum atomic E-state index is 5.80. The van der Waals surface area contributed by atoms with Gasteiger partial charge in [-0.15, -0.1) is 11.6 Å². The molecule has 0 saturated heterocycles. The van der Waals surface area contributed by atoms with E-state index >= 15 is 0 Å². The molecule has 68 valence electrons. The number of hydrogen-bond donors (Lipinski definition) is 0. The summed E-state index contributed by atoms with van der Waals surface area (Å²) in [6.45, 7) is 2.19. The van der Waals surface area contributed by atoms with Gasteiger partial charge in [0.05, 0.1) is 0 Å². The van der Waals surface area contributed by atoms with E-state index in [0.29, 0.717) is 5.92 Å². The highest BCUT2D eigenvalue weighted by molar-refractivity contribution is 7.05. The number of aryl methyl sites for hydroxylation is 1. The third-order valence-corrected chi connectivity index (χ3v) is 3.32. The molecule has 0 aliphatic heterocycles. The molecule has 1 unspecified atom stereocenters. The Bertz CT molecular complexity index is 194. The summed E-state index contributed by atoms with van der Waals surface area (Å²) in [5, 5.41) is 0. The van der Waals surface area contributed by atoms with Crippen molar-refractivity contribution in [2.75, 3.05) is 5.88 Å². The Hall–Kier alpha value is -0.0800. The molecule has 1 nitrogen and oxygen atoms in total. The van der Waals surface area contributed by atoms with Crippen molar-refractivity contribution in [3.63, 3.8) is 0 Å². The molecule has 1 rings (SSSR count). The molecule has 0 bridgehead atoms. The van der Waals surface area contributed by atoms with Crippen LogP contribution in [0, 0.1) is 5.92 Å². The molecule has 0 aromatic carbocycles. The van der Waals surface area contributed by atoms with Crippen LogP contribution in [0.25, 0.3) is 0 Å². The van der Waals surface area contributed by atoms with Crippen molar-refractivity contribution in [2.45, 2.75) is 26.2 Å². The van der Waals surface area contributed by atoms with Gasteiger partial charge in [-0.1, -0.05) is 13.3 Å². The Labute approximate surface area is 82.9 Å². The lowest BCUT2D eigenvalue weighted by atomic mass is 10.0. The summed E-state index contributed by atoms with van der Waals surface area (Å²) >= 11 is 7.39. The van der Waals surface area contributed by atoms with Gasteiger partial charge < -0.3 is 0 Å². The van der Waals surface area contributed by atoms with Gasteiger partial charge in [-0.05, 0) is 36.4 Å². The summed E-state index contributed by atoms with van der Waals surface area (Å²) < 4.78 is 4.06. The fourth-order valence-corrected chi connectivity index (χ4v) is 2.07. The van der Waals surface area contributed by atoms with Gasteiger partial charge in [-0.3, -0.25) is 0 Å². The van der Waals surface area contributed by atoms with E-state index in [-0.39, 0.29) is 0 Å². The minimum absolute atomic E-state index is 0.675. The van der Waals surface area contributed by atoms with E-state index in [1.165, 1.54) is 17.7 Å². The quantitative estimate of drug-likeness (QED) is 0.669. The first-order valence-electron chi connectivity index (χ1n) is 4.32. The van der Waals surface area contributed by atoms with Gasteiger partial charge >= 0.3 is 0 Å². The molecule has 0 fully saturated rings. The Balaban J connectivity index is 2.25. The smallest absolute Gasteiger partial charge is 0.0409 e. The number of rotatable bonds is 5. The summed E-state index contributed by atoms with van der Waals surface area (Å²) in [5.74, 6) is 1.46. The molecule has 1 atom stereocenters. The van der Waals surface area contributed by atoms with E-state index in [0.717, 1.165) is 12.3 Å². The van der Waals surface area contributed by atoms with E-state index in [9.17, 15) is 0 Å². The molecule has 12 heavy (non-hydrogen) atoms. The summed E-state index contributed by atoms with van der Waals surface area (Å²) in [6.07, 6.45) is 5.38. The second-order valence-corrected chi connectivity index (χ2v) is 4.17. The molecule has 0 aliphatic carbocycles. The van der Waals surface area contributed by atoms with Crippen LogP contribution in [-0.4, -0.2) is 10.3 Å². The molecular formula is C9H14ClNS. The van der Waals surface area contributed by atoms with Crippen LogP contribution >= 0.6 is 23.1 Å². The third kappa shape index (κ3) is 3.11. The molecule has 0 N–H and O–H groups in total. The summed E-state index contributed by atoms with van der Waals surface area (Å²) in [4.78, 5) is 1.37. The third-order valence-electron chi connectivity index (χ3n) is 2.09. The zero-order valence-corrected chi connectivity index (χ0v) is 8.87. The number of hydrogen-bond acceptors (Lipinski definition) is 2. The molecule has 1 heterocycles. The molecule has 0 saturated carbocycles. The summed E-state index contributed by atoms with van der Waals surface area (Å²) in [6, 6.07) is 2.09. The molecule has 0 spiro atoms. The van der Waals surface area contributed by atoms with Crippen molar-refractivity contribution < 1.29 is 0 Å². The maximum Gasteiger partial charge on any atom is 0.0409 e. The van der Waals surface area contributed by atoms with Gasteiger partial charge in [0.25, 0.3) is 0 Å². The van der Waals surface area contributed by atoms with Crippen molar-refractivity contribution in [3.05, 3.63) is 17.1 Å². The number of aromatic nitrogens is 1. The normalized spacial score (nSPS) is 13.2. The minimum atomic E-state index is 0.675. The number of halogens is 1. The van der Waals surface area contributed by atoms with Gasteiger partial charge in [-0.25, -0.2) is 4.37 Å². The predicted octanol–water partition coefficient (Wildman–Crippen LogP) is 3.34. The number of alkyl halides is 1. The Kier molecular flexibility index (Phi) is 4.62. The van der Waals surface area contributed by atoms with Crippen molar-refractivity contribution in [3.8, 4) is 0 Å². The second kappa shape index (κ2) is 5.55. The molecule has 1 aromatic heterocycles. The fourth-order valence-electron chi connectivity index (χ4n) is 1.11. The zero-order valence-electron chi connectivity index (χ0n) is 7.29. The first-order valence-corrected chi connectivity index (χ1v) is 5.63. The highest BCUT2D eigenvalue weighted by Gasteiger charge is 2.05.